The Bertz CT molecular complexity index is 1530. The van der Waals surface area contributed by atoms with Crippen molar-refractivity contribution >= 4 is 11.9 Å². The highest BCUT2D eigenvalue weighted by Crippen LogP contribution is 2.67. The number of hydrogen-bond acceptors (Lipinski definition) is 4. The molecule has 0 aliphatic rings. The van der Waals surface area contributed by atoms with Crippen LogP contribution in [0.25, 0.3) is 0 Å². The molecule has 0 fully saturated rings. The Labute approximate surface area is 319 Å². The number of carbonyl (C=O) groups is 2. The molecule has 0 amide bonds. The van der Waals surface area contributed by atoms with Crippen LogP contribution >= 0.6 is 0 Å². The number of aliphatic carboxylic acids is 2. The summed E-state index contributed by atoms with van der Waals surface area (Å²) in [5, 5.41) is 19.4. The Balaban J connectivity index is -0.000000545. The van der Waals surface area contributed by atoms with Crippen LogP contribution in [0.15, 0.2) is 0 Å². The van der Waals surface area contributed by atoms with Gasteiger partial charge in [-0.3, -0.25) is 0 Å². The second-order valence-electron chi connectivity index (χ2n) is 10.8. The van der Waals surface area contributed by atoms with Crippen molar-refractivity contribution in [2.24, 2.45) is 0 Å². The highest BCUT2D eigenvalue weighted by molar-refractivity contribution is 5.75. The highest BCUT2D eigenvalue weighted by atomic mass is 19.4. The first-order chi connectivity index (χ1) is 25.9. The molecular weight excluding hydrogens is 1050 g/mol. The van der Waals surface area contributed by atoms with Crippen LogP contribution in [0.4, 0.5) is 167 Å². The molecule has 6 nitrogen and oxygen atoms in total. The predicted molar refractivity (Wildman–Crippen MR) is 113 cm³/mol. The van der Waals surface area contributed by atoms with Crippen molar-refractivity contribution in [2.45, 2.75) is 107 Å². The second-order valence-corrected chi connectivity index (χ2v) is 10.8. The fourth-order valence-electron chi connectivity index (χ4n) is 2.98. The molecule has 0 unspecified atom stereocenters. The number of quaternary nitrogens is 2. The van der Waals surface area contributed by atoms with Crippen LogP contribution in [-0.4, -0.2) is 119 Å². The van der Waals surface area contributed by atoms with Gasteiger partial charge in [-0.15, -0.1) is 0 Å². The van der Waals surface area contributed by atoms with Crippen LogP contribution in [-0.2, 0) is 9.59 Å². The summed E-state index contributed by atoms with van der Waals surface area (Å²) in [6, 6.07) is 0. The molecule has 0 aromatic carbocycles. The molecule has 0 saturated heterocycles. The van der Waals surface area contributed by atoms with Crippen LogP contribution < -0.4 is 22.5 Å². The number of rotatable bonds is 16. The monoisotopic (exact) mass is 1060 g/mol. The third-order valence-corrected chi connectivity index (χ3v) is 6.75. The third kappa shape index (κ3) is 8.22. The van der Waals surface area contributed by atoms with Crippen molar-refractivity contribution in [1.82, 2.24) is 12.3 Å². The average Bonchev–Trinajstić information content (AvgIpc) is 3.02. The summed E-state index contributed by atoms with van der Waals surface area (Å²) in [5.74, 6) is -148. The summed E-state index contributed by atoms with van der Waals surface area (Å²) < 4.78 is 483. The average molecular weight is 1060 g/mol. The molecule has 0 atom stereocenters. The molecule has 0 aromatic heterocycles. The van der Waals surface area contributed by atoms with E-state index in [2.05, 4.69) is 0 Å². The van der Waals surface area contributed by atoms with E-state index in [9.17, 15) is 187 Å². The molecule has 0 heterocycles. The first kappa shape index (κ1) is 66.8. The van der Waals surface area contributed by atoms with E-state index >= 15 is 0 Å². The zero-order chi connectivity index (χ0) is 52.2. The van der Waals surface area contributed by atoms with Gasteiger partial charge in [-0.1, -0.05) is 0 Å². The van der Waals surface area contributed by atoms with Crippen LogP contribution in [0.1, 0.15) is 0 Å². The van der Waals surface area contributed by atoms with Crippen molar-refractivity contribution in [3.05, 3.63) is 0 Å². The smallest absolute Gasteiger partial charge is 0.460 e. The number of alkyl halides is 38. The van der Waals surface area contributed by atoms with Crippen LogP contribution in [0, 0.1) is 0 Å². The van der Waals surface area contributed by atoms with Crippen molar-refractivity contribution < 1.29 is 187 Å². The summed E-state index contributed by atoms with van der Waals surface area (Å²) >= 11 is 0. The van der Waals surface area contributed by atoms with E-state index in [4.69, 9.17) is 0 Å². The molecular formula is C20H8F38N2O4. The molecule has 0 aliphatic heterocycles. The Morgan fingerprint density at radius 2 is 0.297 bits per heavy atom. The van der Waals surface area contributed by atoms with Gasteiger partial charge >= 0.3 is 107 Å². The molecule has 0 radical (unpaired) electrons. The van der Waals surface area contributed by atoms with Crippen LogP contribution in [0.5, 0.6) is 0 Å². The van der Waals surface area contributed by atoms with Gasteiger partial charge in [0.1, 0.15) is 11.9 Å². The lowest BCUT2D eigenvalue weighted by Crippen LogP contribution is -2.76. The van der Waals surface area contributed by atoms with Gasteiger partial charge in [-0.25, -0.2) is 0 Å². The largest absolute Gasteiger partial charge is 0.544 e. The van der Waals surface area contributed by atoms with Crippen molar-refractivity contribution in [2.75, 3.05) is 0 Å². The minimum Gasteiger partial charge on any atom is -0.544 e. The molecule has 64 heavy (non-hydrogen) atoms. The lowest BCUT2D eigenvalue weighted by molar-refractivity contribution is -0.469. The fraction of sp³-hybridized carbons (Fsp3) is 0.900. The Morgan fingerprint density at radius 1 is 0.203 bits per heavy atom. The number of hydrogen-bond donors (Lipinski definition) is 2. The summed E-state index contributed by atoms with van der Waals surface area (Å²) in [4.78, 5) is 19.4. The van der Waals surface area contributed by atoms with E-state index in [1.165, 1.54) is 0 Å². The molecule has 0 saturated carbocycles. The van der Waals surface area contributed by atoms with Crippen LogP contribution in [0.2, 0.25) is 0 Å². The number of halogens is 38. The van der Waals surface area contributed by atoms with E-state index in [1.54, 1.807) is 0 Å². The molecule has 8 N–H and O–H groups in total. The van der Waals surface area contributed by atoms with E-state index in [1.807, 2.05) is 0 Å². The molecule has 388 valence electrons. The van der Waals surface area contributed by atoms with Gasteiger partial charge in [0.15, 0.2) is 0 Å². The molecule has 44 heteroatoms. The van der Waals surface area contributed by atoms with Crippen molar-refractivity contribution in [3.63, 3.8) is 0 Å². The second kappa shape index (κ2) is 16.5. The number of carboxylic acids is 2. The Hall–Kier alpha value is -3.80. The molecule has 0 spiro atoms. The predicted octanol–water partition coefficient (Wildman–Crippen LogP) is 9.51. The fourth-order valence-corrected chi connectivity index (χ4v) is 2.98. The zero-order valence-electron chi connectivity index (χ0n) is 28.0. The lowest BCUT2D eigenvalue weighted by atomic mass is 9.87. The van der Waals surface area contributed by atoms with Gasteiger partial charge in [0, 0.05) is 0 Å². The van der Waals surface area contributed by atoms with Gasteiger partial charge < -0.3 is 32.1 Å². The van der Waals surface area contributed by atoms with Gasteiger partial charge in [-0.2, -0.15) is 167 Å². The van der Waals surface area contributed by atoms with E-state index in [0.717, 1.165) is 0 Å². The molecule has 0 bridgehead atoms. The summed E-state index contributed by atoms with van der Waals surface area (Å²) in [5.41, 5.74) is 0. The third-order valence-electron chi connectivity index (χ3n) is 6.75. The normalized spacial score (nSPS) is 16.0. The van der Waals surface area contributed by atoms with Gasteiger partial charge in [0.05, 0.1) is 0 Å². The molecule has 0 aliphatic carbocycles. The summed E-state index contributed by atoms with van der Waals surface area (Å²) in [7, 11) is 0. The molecule has 0 rings (SSSR count). The summed E-state index contributed by atoms with van der Waals surface area (Å²) in [6.45, 7) is 0. The first-order valence-corrected chi connectivity index (χ1v) is 12.5. The topological polar surface area (TPSA) is 153 Å². The van der Waals surface area contributed by atoms with Crippen molar-refractivity contribution in [3.8, 4) is 0 Å². The Morgan fingerprint density at radius 3 is 0.391 bits per heavy atom. The van der Waals surface area contributed by atoms with E-state index in [-0.39, 0.29) is 12.3 Å². The minimum atomic E-state index is -9.08. The van der Waals surface area contributed by atoms with Gasteiger partial charge in [0.25, 0.3) is 0 Å². The first-order valence-electron chi connectivity index (χ1n) is 12.5. The Kier molecular flexibility index (Phi) is 17.2. The van der Waals surface area contributed by atoms with Gasteiger partial charge in [-0.05, 0) is 0 Å². The van der Waals surface area contributed by atoms with E-state index < -0.39 is 119 Å². The number of carboxylic acid groups (broad SMARTS) is 2. The summed E-state index contributed by atoms with van der Waals surface area (Å²) in [6.07, 6.45) is -15.9. The maximum atomic E-state index is 13.1. The maximum Gasteiger partial charge on any atom is 0.460 e. The lowest BCUT2D eigenvalue weighted by Gasteiger charge is -2.43. The van der Waals surface area contributed by atoms with E-state index in [0.29, 0.717) is 0 Å². The minimum absolute atomic E-state index is 0. The van der Waals surface area contributed by atoms with Crippen molar-refractivity contribution in [1.29, 1.82) is 0 Å². The zero-order valence-corrected chi connectivity index (χ0v) is 28.0. The van der Waals surface area contributed by atoms with Crippen LogP contribution in [0.3, 0.4) is 0 Å². The SMILES string of the molecule is O=C([O-])C(F)(F)C(F)(F)C(F)(F)C(F)(F)C(F)(F)C(F)(F)C(F)(F)C(F)(F)C(F)(F)F.O=C([O-])C(F)(F)C(F)(F)C(F)(F)C(F)(F)C(F)(F)C(F)(F)C(F)(F)C(F)(F)C(F)(F)F.[NH4+].[NH4+]. The maximum absolute atomic E-state index is 13.1. The quantitative estimate of drug-likeness (QED) is 0.148. The standard InChI is InChI=1S/2C10HF19O2.2H3N/c2*11-2(12,1(30)31)3(13,14)4(15,16)5(17,18)6(19,20)7(21,22)8(23,24)9(25,26)10(27,28)29;;/h2*(H,30,31);2*1H3. The number of carbonyl (C=O) groups excluding carboxylic acids is 2. The molecule has 0 aromatic rings. The van der Waals surface area contributed by atoms with Gasteiger partial charge in [0.2, 0.25) is 0 Å². The highest BCUT2D eigenvalue weighted by Gasteiger charge is 2.98.